The van der Waals surface area contributed by atoms with Crippen LogP contribution in [0.15, 0.2) is 70.6 Å². The molecule has 14 heteroatoms. The molecule has 0 bridgehead atoms. The molecule has 11 nitrogen and oxygen atoms in total. The van der Waals surface area contributed by atoms with Crippen molar-refractivity contribution >= 4 is 28.8 Å². The van der Waals surface area contributed by atoms with Gasteiger partial charge in [0.2, 0.25) is 5.75 Å². The lowest BCUT2D eigenvalue weighted by Crippen LogP contribution is -2.20. The molecule has 41 heavy (non-hydrogen) atoms. The average molecular weight is 570 g/mol. The highest BCUT2D eigenvalue weighted by atomic mass is 19.4. The number of methoxy groups -OCH3 is 1. The van der Waals surface area contributed by atoms with E-state index in [-0.39, 0.29) is 46.0 Å². The first kappa shape index (κ1) is 28.7. The zero-order chi connectivity index (χ0) is 29.7. The molecule has 0 saturated heterocycles. The van der Waals surface area contributed by atoms with Gasteiger partial charge >= 0.3 is 17.8 Å². The first-order valence-corrected chi connectivity index (χ1v) is 11.9. The van der Waals surface area contributed by atoms with Gasteiger partial charge in [0.25, 0.3) is 5.56 Å². The number of nitro benzene ring substituents is 1. The van der Waals surface area contributed by atoms with Gasteiger partial charge in [0.05, 0.1) is 41.3 Å². The van der Waals surface area contributed by atoms with Crippen molar-refractivity contribution in [3.63, 3.8) is 0 Å². The third kappa shape index (κ3) is 6.32. The lowest BCUT2D eigenvalue weighted by Gasteiger charge is -2.13. The SMILES string of the molecule is CCOc1cc(C=Nn2c(-c3cccc(C(F)(F)F)c3)nc3ccccc3c2=O)cc([N+](=O)[O-])c1OCC(=O)OC. The Morgan fingerprint density at radius 1 is 1.12 bits per heavy atom. The molecule has 0 unspecified atom stereocenters. The van der Waals surface area contributed by atoms with E-state index in [1.165, 1.54) is 30.3 Å². The number of carbonyl (C=O) groups excluding carboxylic acids is 1. The standard InChI is InChI=1S/C27H21F3N4O7/c1-3-40-22-12-16(11-21(34(37)38)24(22)41-15-23(35)39-2)14-31-33-25(17-7-6-8-18(13-17)27(28,29)30)32-20-10-5-4-9-19(20)26(33)36/h4-14H,3,15H2,1-2H3. The monoisotopic (exact) mass is 570 g/mol. The quantitative estimate of drug-likeness (QED) is 0.121. The fourth-order valence-corrected chi connectivity index (χ4v) is 3.79. The van der Waals surface area contributed by atoms with Crippen molar-refractivity contribution in [3.05, 3.63) is 92.3 Å². The summed E-state index contributed by atoms with van der Waals surface area (Å²) in [6, 6.07) is 12.9. The highest BCUT2D eigenvalue weighted by Crippen LogP contribution is 2.38. The Morgan fingerprint density at radius 2 is 1.88 bits per heavy atom. The number of hydrogen-bond donors (Lipinski definition) is 0. The number of fused-ring (bicyclic) bond motifs is 1. The smallest absolute Gasteiger partial charge is 0.416 e. The van der Waals surface area contributed by atoms with E-state index in [4.69, 9.17) is 9.47 Å². The predicted molar refractivity (Wildman–Crippen MR) is 141 cm³/mol. The number of halogens is 3. The van der Waals surface area contributed by atoms with Gasteiger partial charge in [-0.25, -0.2) is 9.78 Å². The van der Waals surface area contributed by atoms with Crippen molar-refractivity contribution in [3.8, 4) is 22.9 Å². The predicted octanol–water partition coefficient (Wildman–Crippen LogP) is 4.82. The molecule has 0 aliphatic carbocycles. The third-order valence-corrected chi connectivity index (χ3v) is 5.64. The van der Waals surface area contributed by atoms with E-state index in [0.717, 1.165) is 36.2 Å². The number of carbonyl (C=O) groups is 1. The van der Waals surface area contributed by atoms with Gasteiger partial charge in [-0.15, -0.1) is 0 Å². The van der Waals surface area contributed by atoms with Crippen LogP contribution < -0.4 is 15.0 Å². The lowest BCUT2D eigenvalue weighted by molar-refractivity contribution is -0.385. The summed E-state index contributed by atoms with van der Waals surface area (Å²) in [6.07, 6.45) is -3.55. The molecule has 212 valence electrons. The lowest BCUT2D eigenvalue weighted by atomic mass is 10.1. The van der Waals surface area contributed by atoms with Gasteiger partial charge in [-0.1, -0.05) is 24.3 Å². The Bertz CT molecular complexity index is 1720. The zero-order valence-corrected chi connectivity index (χ0v) is 21.5. The van der Waals surface area contributed by atoms with Crippen LogP contribution in [0.3, 0.4) is 0 Å². The molecule has 4 aromatic rings. The summed E-state index contributed by atoms with van der Waals surface area (Å²) in [5, 5.41) is 16.1. The van der Waals surface area contributed by atoms with E-state index in [1.807, 2.05) is 0 Å². The Morgan fingerprint density at radius 3 is 2.56 bits per heavy atom. The van der Waals surface area contributed by atoms with Gasteiger partial charge in [-0.05, 0) is 37.3 Å². The van der Waals surface area contributed by atoms with Crippen LogP contribution in [0.2, 0.25) is 0 Å². The van der Waals surface area contributed by atoms with Crippen LogP contribution in [0, 0.1) is 10.1 Å². The molecule has 3 aromatic carbocycles. The molecule has 0 fully saturated rings. The Labute approximate surface area is 229 Å². The maximum atomic E-state index is 13.4. The molecule has 0 amide bonds. The highest BCUT2D eigenvalue weighted by Gasteiger charge is 2.31. The van der Waals surface area contributed by atoms with Crippen LogP contribution in [0.25, 0.3) is 22.3 Å². The van der Waals surface area contributed by atoms with Crippen molar-refractivity contribution in [2.24, 2.45) is 5.10 Å². The first-order valence-electron chi connectivity index (χ1n) is 11.9. The number of nitro groups is 1. The van der Waals surface area contributed by atoms with Gasteiger partial charge < -0.3 is 14.2 Å². The second-order valence-electron chi connectivity index (χ2n) is 8.31. The van der Waals surface area contributed by atoms with E-state index in [0.29, 0.717) is 0 Å². The number of rotatable bonds is 9. The van der Waals surface area contributed by atoms with Crippen molar-refractivity contribution in [1.29, 1.82) is 0 Å². The summed E-state index contributed by atoms with van der Waals surface area (Å²) in [5.74, 6) is -1.38. The summed E-state index contributed by atoms with van der Waals surface area (Å²) < 4.78 is 56.3. The minimum absolute atomic E-state index is 0.0348. The maximum absolute atomic E-state index is 13.4. The Kier molecular flexibility index (Phi) is 8.31. The van der Waals surface area contributed by atoms with E-state index in [1.54, 1.807) is 19.1 Å². The van der Waals surface area contributed by atoms with E-state index < -0.39 is 40.5 Å². The Hall–Kier alpha value is -5.27. The number of para-hydroxylation sites is 1. The van der Waals surface area contributed by atoms with Crippen molar-refractivity contribution < 1.29 is 37.1 Å². The van der Waals surface area contributed by atoms with Crippen LogP contribution in [0.5, 0.6) is 11.5 Å². The molecule has 0 atom stereocenters. The summed E-state index contributed by atoms with van der Waals surface area (Å²) >= 11 is 0. The molecule has 0 radical (unpaired) electrons. The number of hydrogen-bond acceptors (Lipinski definition) is 9. The Balaban J connectivity index is 1.88. The minimum Gasteiger partial charge on any atom is -0.490 e. The maximum Gasteiger partial charge on any atom is 0.416 e. The molecule has 0 N–H and O–H groups in total. The summed E-state index contributed by atoms with van der Waals surface area (Å²) in [4.78, 5) is 40.4. The zero-order valence-electron chi connectivity index (χ0n) is 21.5. The fourth-order valence-electron chi connectivity index (χ4n) is 3.79. The molecule has 0 spiro atoms. The normalized spacial score (nSPS) is 11.5. The molecular weight excluding hydrogens is 549 g/mol. The summed E-state index contributed by atoms with van der Waals surface area (Å²) in [5.41, 5.74) is -1.92. The minimum atomic E-state index is -4.65. The average Bonchev–Trinajstić information content (AvgIpc) is 2.95. The number of alkyl halides is 3. The third-order valence-electron chi connectivity index (χ3n) is 5.64. The molecule has 0 saturated carbocycles. The van der Waals surface area contributed by atoms with Gasteiger partial charge in [-0.3, -0.25) is 14.9 Å². The van der Waals surface area contributed by atoms with Crippen LogP contribution >= 0.6 is 0 Å². The van der Waals surface area contributed by atoms with Crippen molar-refractivity contribution in [1.82, 2.24) is 9.66 Å². The summed E-state index contributed by atoms with van der Waals surface area (Å²) in [6.45, 7) is 1.09. The molecule has 4 rings (SSSR count). The summed E-state index contributed by atoms with van der Waals surface area (Å²) in [7, 11) is 1.13. The topological polar surface area (TPSA) is 135 Å². The number of nitrogens with zero attached hydrogens (tertiary/aromatic N) is 4. The fraction of sp³-hybridized carbons (Fsp3) is 0.185. The van der Waals surface area contributed by atoms with E-state index in [2.05, 4.69) is 14.8 Å². The van der Waals surface area contributed by atoms with Crippen LogP contribution in [-0.4, -0.2) is 47.1 Å². The van der Waals surface area contributed by atoms with Gasteiger partial charge in [0, 0.05) is 17.2 Å². The van der Waals surface area contributed by atoms with E-state index >= 15 is 0 Å². The second kappa shape index (κ2) is 11.9. The van der Waals surface area contributed by atoms with Gasteiger partial charge in [0.1, 0.15) is 0 Å². The van der Waals surface area contributed by atoms with Gasteiger partial charge in [-0.2, -0.15) is 22.9 Å². The van der Waals surface area contributed by atoms with Crippen LogP contribution in [0.1, 0.15) is 18.1 Å². The number of benzene rings is 3. The first-order chi connectivity index (χ1) is 19.5. The highest BCUT2D eigenvalue weighted by molar-refractivity contribution is 5.84. The largest absolute Gasteiger partial charge is 0.490 e. The molecule has 0 aliphatic rings. The van der Waals surface area contributed by atoms with Crippen molar-refractivity contribution in [2.75, 3.05) is 20.3 Å². The second-order valence-corrected chi connectivity index (χ2v) is 8.31. The van der Waals surface area contributed by atoms with Crippen molar-refractivity contribution in [2.45, 2.75) is 13.1 Å². The van der Waals surface area contributed by atoms with E-state index in [9.17, 15) is 32.9 Å². The molecule has 1 heterocycles. The number of esters is 1. The van der Waals surface area contributed by atoms with Crippen LogP contribution in [-0.2, 0) is 15.7 Å². The van der Waals surface area contributed by atoms with Gasteiger partial charge in [0.15, 0.2) is 18.2 Å². The molecule has 1 aromatic heterocycles. The molecule has 0 aliphatic heterocycles. The number of aromatic nitrogens is 2. The molecular formula is C27H21F3N4O7. The van der Waals surface area contributed by atoms with Crippen LogP contribution in [0.4, 0.5) is 18.9 Å². The number of ether oxygens (including phenoxy) is 3.